The number of amides is 2. The molecule has 0 atom stereocenters. The summed E-state index contributed by atoms with van der Waals surface area (Å²) in [7, 11) is 0. The van der Waals surface area contributed by atoms with Crippen molar-refractivity contribution in [2.24, 2.45) is 0 Å². The Labute approximate surface area is 155 Å². The van der Waals surface area contributed by atoms with E-state index in [0.717, 1.165) is 5.69 Å². The molecule has 1 aromatic heterocycles. The minimum Gasteiger partial charge on any atom is -0.326 e. The quantitative estimate of drug-likeness (QED) is 0.737. The molecule has 0 aliphatic heterocycles. The Kier molecular flexibility index (Phi) is 4.99. The van der Waals surface area contributed by atoms with Crippen LogP contribution in [0, 0.1) is 6.92 Å². The van der Waals surface area contributed by atoms with Gasteiger partial charge >= 0.3 is 0 Å². The molecular weight excluding hydrogens is 354 g/mol. The molecule has 0 spiro atoms. The number of benzene rings is 2. The minimum atomic E-state index is -0.372. The summed E-state index contributed by atoms with van der Waals surface area (Å²) in [6.45, 7) is 3.19. The highest BCUT2D eigenvalue weighted by Gasteiger charge is 2.17. The largest absolute Gasteiger partial charge is 0.326 e. The summed E-state index contributed by atoms with van der Waals surface area (Å²) in [6, 6.07) is 13.9. The Morgan fingerprint density at radius 3 is 2.31 bits per heavy atom. The summed E-state index contributed by atoms with van der Waals surface area (Å²) in [5.41, 5.74) is 2.77. The third-order valence-electron chi connectivity index (χ3n) is 3.63. The molecule has 26 heavy (non-hydrogen) atoms. The van der Waals surface area contributed by atoms with Gasteiger partial charge in [-0.15, -0.1) is 5.10 Å². The predicted octanol–water partition coefficient (Wildman–Crippen LogP) is 3.44. The number of nitrogens with zero attached hydrogens (tertiary/aromatic N) is 3. The molecule has 0 aliphatic carbocycles. The van der Waals surface area contributed by atoms with Crippen LogP contribution in [0.4, 0.5) is 11.4 Å². The van der Waals surface area contributed by atoms with Crippen LogP contribution in [0.15, 0.2) is 48.5 Å². The van der Waals surface area contributed by atoms with Gasteiger partial charge in [0.15, 0.2) is 5.69 Å². The van der Waals surface area contributed by atoms with Gasteiger partial charge in [0.25, 0.3) is 5.91 Å². The lowest BCUT2D eigenvalue weighted by Gasteiger charge is -2.07. The van der Waals surface area contributed by atoms with Crippen LogP contribution in [-0.2, 0) is 4.79 Å². The van der Waals surface area contributed by atoms with Crippen molar-refractivity contribution in [3.05, 3.63) is 64.9 Å². The summed E-state index contributed by atoms with van der Waals surface area (Å²) in [5.74, 6) is -0.530. The van der Waals surface area contributed by atoms with E-state index in [1.165, 1.54) is 6.92 Å². The third kappa shape index (κ3) is 3.89. The normalized spacial score (nSPS) is 10.4. The fourth-order valence-corrected chi connectivity index (χ4v) is 2.61. The average molecular weight is 370 g/mol. The van der Waals surface area contributed by atoms with Crippen molar-refractivity contribution >= 4 is 34.8 Å². The number of hydrogen-bond acceptors (Lipinski definition) is 4. The first kappa shape index (κ1) is 17.6. The fraction of sp³-hybridized carbons (Fsp3) is 0.111. The number of anilines is 2. The van der Waals surface area contributed by atoms with Gasteiger partial charge in [0.05, 0.1) is 11.4 Å². The zero-order chi connectivity index (χ0) is 18.7. The van der Waals surface area contributed by atoms with E-state index in [1.807, 2.05) is 6.07 Å². The SMILES string of the molecule is CC(=O)Nc1ccc(NC(=O)c2nnn(-c3cccc(Cl)c3)c2C)cc1. The lowest BCUT2D eigenvalue weighted by molar-refractivity contribution is -0.114. The second kappa shape index (κ2) is 7.37. The Morgan fingerprint density at radius 2 is 1.69 bits per heavy atom. The summed E-state index contributed by atoms with van der Waals surface area (Å²) < 4.78 is 1.56. The van der Waals surface area contributed by atoms with E-state index in [-0.39, 0.29) is 17.5 Å². The second-order valence-corrected chi connectivity index (χ2v) is 6.06. The predicted molar refractivity (Wildman–Crippen MR) is 99.8 cm³/mol. The van der Waals surface area contributed by atoms with Crippen LogP contribution < -0.4 is 10.6 Å². The van der Waals surface area contributed by atoms with Crippen LogP contribution in [0.25, 0.3) is 5.69 Å². The number of aromatic nitrogens is 3. The topological polar surface area (TPSA) is 88.9 Å². The van der Waals surface area contributed by atoms with Gasteiger partial charge in [-0.05, 0) is 49.4 Å². The molecule has 2 aromatic carbocycles. The van der Waals surface area contributed by atoms with Crippen LogP contribution in [-0.4, -0.2) is 26.8 Å². The average Bonchev–Trinajstić information content (AvgIpc) is 2.98. The Bertz CT molecular complexity index is 966. The highest BCUT2D eigenvalue weighted by molar-refractivity contribution is 6.30. The van der Waals surface area contributed by atoms with E-state index < -0.39 is 0 Å². The van der Waals surface area contributed by atoms with Gasteiger partial charge < -0.3 is 10.6 Å². The van der Waals surface area contributed by atoms with Gasteiger partial charge in [-0.25, -0.2) is 4.68 Å². The number of nitrogens with one attached hydrogen (secondary N) is 2. The maximum absolute atomic E-state index is 12.5. The molecule has 0 unspecified atom stereocenters. The summed E-state index contributed by atoms with van der Waals surface area (Å²) in [4.78, 5) is 23.5. The Balaban J connectivity index is 1.77. The van der Waals surface area contributed by atoms with E-state index in [0.29, 0.717) is 22.1 Å². The number of halogens is 1. The molecular formula is C18H16ClN5O2. The monoisotopic (exact) mass is 369 g/mol. The van der Waals surface area contributed by atoms with Gasteiger partial charge in [0.1, 0.15) is 0 Å². The van der Waals surface area contributed by atoms with Crippen molar-refractivity contribution in [3.8, 4) is 5.69 Å². The first-order valence-electron chi connectivity index (χ1n) is 7.81. The molecule has 7 nitrogen and oxygen atoms in total. The van der Waals surface area contributed by atoms with Gasteiger partial charge in [0, 0.05) is 23.3 Å². The highest BCUT2D eigenvalue weighted by atomic mass is 35.5. The first-order valence-corrected chi connectivity index (χ1v) is 8.19. The maximum atomic E-state index is 12.5. The summed E-state index contributed by atoms with van der Waals surface area (Å²) >= 11 is 6.00. The fourth-order valence-electron chi connectivity index (χ4n) is 2.42. The molecule has 0 aliphatic rings. The summed E-state index contributed by atoms with van der Waals surface area (Å²) in [5, 5.41) is 14.0. The number of rotatable bonds is 4. The summed E-state index contributed by atoms with van der Waals surface area (Å²) in [6.07, 6.45) is 0. The highest BCUT2D eigenvalue weighted by Crippen LogP contribution is 2.18. The van der Waals surface area contributed by atoms with Gasteiger partial charge in [-0.3, -0.25) is 9.59 Å². The number of hydrogen-bond donors (Lipinski definition) is 2. The van der Waals surface area contributed by atoms with E-state index in [9.17, 15) is 9.59 Å². The van der Waals surface area contributed by atoms with Gasteiger partial charge in [0.2, 0.25) is 5.91 Å². The van der Waals surface area contributed by atoms with E-state index in [4.69, 9.17) is 11.6 Å². The molecule has 0 radical (unpaired) electrons. The van der Waals surface area contributed by atoms with Crippen molar-refractivity contribution in [3.63, 3.8) is 0 Å². The number of carbonyl (C=O) groups is 2. The van der Waals surface area contributed by atoms with Crippen LogP contribution in [0.5, 0.6) is 0 Å². The third-order valence-corrected chi connectivity index (χ3v) is 3.86. The van der Waals surface area contributed by atoms with E-state index >= 15 is 0 Å². The second-order valence-electron chi connectivity index (χ2n) is 5.63. The molecule has 1 heterocycles. The molecule has 8 heteroatoms. The van der Waals surface area contributed by atoms with Crippen molar-refractivity contribution in [1.29, 1.82) is 0 Å². The van der Waals surface area contributed by atoms with Crippen molar-refractivity contribution in [1.82, 2.24) is 15.0 Å². The van der Waals surface area contributed by atoms with Crippen molar-refractivity contribution < 1.29 is 9.59 Å². The van der Waals surface area contributed by atoms with E-state index in [1.54, 1.807) is 54.1 Å². The Morgan fingerprint density at radius 1 is 1.04 bits per heavy atom. The van der Waals surface area contributed by atoms with Crippen molar-refractivity contribution in [2.75, 3.05) is 10.6 Å². The lowest BCUT2D eigenvalue weighted by Crippen LogP contribution is -2.14. The maximum Gasteiger partial charge on any atom is 0.278 e. The molecule has 132 valence electrons. The van der Waals surface area contributed by atoms with Gasteiger partial charge in [-0.2, -0.15) is 0 Å². The molecule has 0 fully saturated rings. The molecule has 0 bridgehead atoms. The minimum absolute atomic E-state index is 0.157. The van der Waals surface area contributed by atoms with Crippen LogP contribution in [0.3, 0.4) is 0 Å². The smallest absolute Gasteiger partial charge is 0.278 e. The first-order chi connectivity index (χ1) is 12.4. The molecule has 0 saturated heterocycles. The molecule has 3 rings (SSSR count). The lowest BCUT2D eigenvalue weighted by atomic mass is 10.2. The number of carbonyl (C=O) groups excluding carboxylic acids is 2. The zero-order valence-electron chi connectivity index (χ0n) is 14.2. The van der Waals surface area contributed by atoms with Crippen LogP contribution in [0.2, 0.25) is 5.02 Å². The molecule has 2 amide bonds. The van der Waals surface area contributed by atoms with Crippen molar-refractivity contribution in [2.45, 2.75) is 13.8 Å². The molecule has 0 saturated carbocycles. The van der Waals surface area contributed by atoms with Crippen LogP contribution in [0.1, 0.15) is 23.1 Å². The molecule has 3 aromatic rings. The molecule has 2 N–H and O–H groups in total. The van der Waals surface area contributed by atoms with E-state index in [2.05, 4.69) is 20.9 Å². The van der Waals surface area contributed by atoms with Crippen LogP contribution >= 0.6 is 11.6 Å². The Hall–Kier alpha value is -3.19. The zero-order valence-corrected chi connectivity index (χ0v) is 14.9. The standard InChI is InChI=1S/C18H16ClN5O2/c1-11-17(22-23-24(11)16-5-3-4-13(19)10-16)18(26)21-15-8-6-14(7-9-15)20-12(2)25/h3-10H,1-2H3,(H,20,25)(H,21,26). The van der Waals surface area contributed by atoms with Gasteiger partial charge in [-0.1, -0.05) is 22.9 Å².